The summed E-state index contributed by atoms with van der Waals surface area (Å²) in [5.74, 6) is 0.208. The van der Waals surface area contributed by atoms with Gasteiger partial charge in [-0.25, -0.2) is 0 Å². The molecule has 1 aromatic rings. The van der Waals surface area contributed by atoms with Crippen LogP contribution in [-0.2, 0) is 24.2 Å². The average molecular weight is 339 g/mol. The second-order valence-electron chi connectivity index (χ2n) is 5.38. The number of hydrogen-bond acceptors (Lipinski definition) is 2. The SMILES string of the molecule is CCc1nn(CC)c(CC(=O)C=C2CCCCC2)c1Br. The summed E-state index contributed by atoms with van der Waals surface area (Å²) in [7, 11) is 0. The van der Waals surface area contributed by atoms with Crippen LogP contribution in [0.4, 0.5) is 0 Å². The third-order valence-electron chi connectivity index (χ3n) is 3.90. The molecule has 1 aliphatic carbocycles. The Bertz CT molecular complexity index is 509. The van der Waals surface area contributed by atoms with E-state index in [0.717, 1.165) is 41.7 Å². The molecule has 1 heterocycles. The summed E-state index contributed by atoms with van der Waals surface area (Å²) in [5.41, 5.74) is 3.39. The van der Waals surface area contributed by atoms with Gasteiger partial charge in [0.15, 0.2) is 5.78 Å². The van der Waals surface area contributed by atoms with E-state index in [1.54, 1.807) is 0 Å². The first-order chi connectivity index (χ1) is 9.65. The molecule has 0 aliphatic heterocycles. The molecule has 1 aromatic heterocycles. The van der Waals surface area contributed by atoms with Gasteiger partial charge in [0.25, 0.3) is 0 Å². The van der Waals surface area contributed by atoms with Crippen molar-refractivity contribution in [2.45, 2.75) is 65.3 Å². The predicted octanol–water partition coefficient (Wildman–Crippen LogP) is 4.23. The first-order valence-corrected chi connectivity index (χ1v) is 8.41. The molecule has 0 amide bonds. The van der Waals surface area contributed by atoms with Crippen molar-refractivity contribution >= 4 is 21.7 Å². The van der Waals surface area contributed by atoms with Crippen LogP contribution in [0.15, 0.2) is 16.1 Å². The molecule has 1 fully saturated rings. The zero-order valence-corrected chi connectivity index (χ0v) is 14.0. The molecule has 0 bridgehead atoms. The lowest BCUT2D eigenvalue weighted by Gasteiger charge is -2.13. The summed E-state index contributed by atoms with van der Waals surface area (Å²) in [4.78, 5) is 12.3. The molecule has 0 unspecified atom stereocenters. The number of hydrogen-bond donors (Lipinski definition) is 0. The molecular formula is C16H23BrN2O. The lowest BCUT2D eigenvalue weighted by Crippen LogP contribution is -2.09. The number of aryl methyl sites for hydroxylation is 2. The van der Waals surface area contributed by atoms with Crippen LogP contribution in [0.3, 0.4) is 0 Å². The van der Waals surface area contributed by atoms with Crippen LogP contribution in [0.25, 0.3) is 0 Å². The van der Waals surface area contributed by atoms with Crippen LogP contribution >= 0.6 is 15.9 Å². The second-order valence-corrected chi connectivity index (χ2v) is 6.18. The molecule has 3 nitrogen and oxygen atoms in total. The van der Waals surface area contributed by atoms with Crippen molar-refractivity contribution in [1.29, 1.82) is 0 Å². The van der Waals surface area contributed by atoms with E-state index in [-0.39, 0.29) is 5.78 Å². The maximum absolute atomic E-state index is 12.3. The molecule has 0 atom stereocenters. The quantitative estimate of drug-likeness (QED) is 0.753. The Morgan fingerprint density at radius 2 is 2.00 bits per heavy atom. The minimum absolute atomic E-state index is 0.208. The van der Waals surface area contributed by atoms with Crippen molar-refractivity contribution in [1.82, 2.24) is 9.78 Å². The summed E-state index contributed by atoms with van der Waals surface area (Å²) in [5, 5.41) is 4.54. The lowest BCUT2D eigenvalue weighted by atomic mass is 9.93. The maximum atomic E-state index is 12.3. The highest BCUT2D eigenvalue weighted by molar-refractivity contribution is 9.10. The van der Waals surface area contributed by atoms with Gasteiger partial charge in [0.1, 0.15) is 0 Å². The van der Waals surface area contributed by atoms with Gasteiger partial charge in [-0.05, 0) is 61.0 Å². The summed E-state index contributed by atoms with van der Waals surface area (Å²) in [6.07, 6.45) is 9.18. The smallest absolute Gasteiger partial charge is 0.161 e. The van der Waals surface area contributed by atoms with Gasteiger partial charge in [-0.3, -0.25) is 9.48 Å². The molecule has 110 valence electrons. The Kier molecular flexibility index (Phi) is 5.58. The van der Waals surface area contributed by atoms with E-state index in [4.69, 9.17) is 0 Å². The van der Waals surface area contributed by atoms with E-state index in [1.165, 1.54) is 24.8 Å². The van der Waals surface area contributed by atoms with E-state index >= 15 is 0 Å². The Balaban J connectivity index is 2.12. The summed E-state index contributed by atoms with van der Waals surface area (Å²) < 4.78 is 2.96. The summed E-state index contributed by atoms with van der Waals surface area (Å²) in [6, 6.07) is 0. The molecule has 1 saturated carbocycles. The fourth-order valence-electron chi connectivity index (χ4n) is 2.78. The highest BCUT2D eigenvalue weighted by Crippen LogP contribution is 2.25. The number of carbonyl (C=O) groups is 1. The van der Waals surface area contributed by atoms with Gasteiger partial charge in [-0.2, -0.15) is 5.10 Å². The second kappa shape index (κ2) is 7.21. The molecule has 0 spiro atoms. The van der Waals surface area contributed by atoms with E-state index in [9.17, 15) is 4.79 Å². The lowest BCUT2D eigenvalue weighted by molar-refractivity contribution is -0.114. The maximum Gasteiger partial charge on any atom is 0.161 e. The fourth-order valence-corrected chi connectivity index (χ4v) is 3.48. The molecular weight excluding hydrogens is 316 g/mol. The van der Waals surface area contributed by atoms with Gasteiger partial charge in [0.05, 0.1) is 22.3 Å². The third kappa shape index (κ3) is 3.60. The van der Waals surface area contributed by atoms with Crippen LogP contribution in [0.5, 0.6) is 0 Å². The Hall–Kier alpha value is -0.900. The van der Waals surface area contributed by atoms with Gasteiger partial charge in [0, 0.05) is 6.54 Å². The van der Waals surface area contributed by atoms with Crippen molar-refractivity contribution in [2.24, 2.45) is 0 Å². The first-order valence-electron chi connectivity index (χ1n) is 7.62. The largest absolute Gasteiger partial charge is 0.294 e. The van der Waals surface area contributed by atoms with E-state index in [2.05, 4.69) is 34.9 Å². The minimum atomic E-state index is 0.208. The third-order valence-corrected chi connectivity index (χ3v) is 4.81. The van der Waals surface area contributed by atoms with Crippen LogP contribution in [0.1, 0.15) is 57.3 Å². The van der Waals surface area contributed by atoms with E-state index in [0.29, 0.717) is 6.42 Å². The molecule has 0 aromatic carbocycles. The molecule has 20 heavy (non-hydrogen) atoms. The van der Waals surface area contributed by atoms with Crippen LogP contribution in [-0.4, -0.2) is 15.6 Å². The predicted molar refractivity (Wildman–Crippen MR) is 84.9 cm³/mol. The van der Waals surface area contributed by atoms with Crippen LogP contribution in [0.2, 0.25) is 0 Å². The number of halogens is 1. The number of rotatable bonds is 5. The summed E-state index contributed by atoms with van der Waals surface area (Å²) >= 11 is 3.60. The van der Waals surface area contributed by atoms with Gasteiger partial charge < -0.3 is 0 Å². The first kappa shape index (κ1) is 15.5. The fraction of sp³-hybridized carbons (Fsp3) is 0.625. The van der Waals surface area contributed by atoms with Gasteiger partial charge in [-0.15, -0.1) is 0 Å². The van der Waals surface area contributed by atoms with Crippen LogP contribution in [0, 0.1) is 0 Å². The molecule has 0 N–H and O–H groups in total. The van der Waals surface area contributed by atoms with Gasteiger partial charge in [0.2, 0.25) is 0 Å². The number of ketones is 1. The molecule has 1 aliphatic rings. The number of aromatic nitrogens is 2. The number of carbonyl (C=O) groups excluding carboxylic acids is 1. The highest BCUT2D eigenvalue weighted by Gasteiger charge is 2.16. The van der Waals surface area contributed by atoms with Crippen LogP contribution < -0.4 is 0 Å². The van der Waals surface area contributed by atoms with Crippen molar-refractivity contribution in [3.05, 3.63) is 27.5 Å². The standard InChI is InChI=1S/C16H23BrN2O/c1-3-14-16(17)15(19(4-2)18-14)11-13(20)10-12-8-6-5-7-9-12/h10H,3-9,11H2,1-2H3. The topological polar surface area (TPSA) is 34.9 Å². The molecule has 0 saturated heterocycles. The Morgan fingerprint density at radius 1 is 1.30 bits per heavy atom. The van der Waals surface area contributed by atoms with E-state index in [1.807, 2.05) is 10.8 Å². The van der Waals surface area contributed by atoms with Crippen molar-refractivity contribution in [3.63, 3.8) is 0 Å². The van der Waals surface area contributed by atoms with E-state index < -0.39 is 0 Å². The number of allylic oxidation sites excluding steroid dienone is 2. The monoisotopic (exact) mass is 338 g/mol. The molecule has 0 radical (unpaired) electrons. The van der Waals surface area contributed by atoms with Crippen molar-refractivity contribution in [2.75, 3.05) is 0 Å². The zero-order valence-electron chi connectivity index (χ0n) is 12.4. The molecule has 4 heteroatoms. The minimum Gasteiger partial charge on any atom is -0.294 e. The summed E-state index contributed by atoms with van der Waals surface area (Å²) in [6.45, 7) is 4.95. The number of nitrogens with zero attached hydrogens (tertiary/aromatic N) is 2. The highest BCUT2D eigenvalue weighted by atomic mass is 79.9. The Labute approximate surface area is 129 Å². The van der Waals surface area contributed by atoms with Gasteiger partial charge >= 0.3 is 0 Å². The molecule has 2 rings (SSSR count). The normalized spacial score (nSPS) is 15.4. The average Bonchev–Trinajstić information content (AvgIpc) is 2.76. The van der Waals surface area contributed by atoms with Crippen molar-refractivity contribution < 1.29 is 4.79 Å². The van der Waals surface area contributed by atoms with Crippen molar-refractivity contribution in [3.8, 4) is 0 Å². The Morgan fingerprint density at radius 3 is 2.60 bits per heavy atom. The zero-order chi connectivity index (χ0) is 14.5. The van der Waals surface area contributed by atoms with Gasteiger partial charge in [-0.1, -0.05) is 18.9 Å².